The number of hydrogen-bond acceptors (Lipinski definition) is 4. The number of amides is 2. The van der Waals surface area contributed by atoms with Crippen molar-refractivity contribution in [1.29, 1.82) is 0 Å². The molecular formula is C19H23N3O3. The van der Waals surface area contributed by atoms with Crippen molar-refractivity contribution in [3.8, 4) is 0 Å². The van der Waals surface area contributed by atoms with E-state index in [9.17, 15) is 9.59 Å². The Morgan fingerprint density at radius 1 is 1.20 bits per heavy atom. The Hall–Kier alpha value is -2.60. The number of furan rings is 1. The lowest BCUT2D eigenvalue weighted by atomic mass is 9.96. The van der Waals surface area contributed by atoms with E-state index in [4.69, 9.17) is 4.42 Å². The molecule has 1 aromatic carbocycles. The highest BCUT2D eigenvalue weighted by Gasteiger charge is 2.23. The van der Waals surface area contributed by atoms with Gasteiger partial charge in [0.15, 0.2) is 5.76 Å². The van der Waals surface area contributed by atoms with Crippen LogP contribution in [0.15, 0.2) is 47.1 Å². The first-order valence-corrected chi connectivity index (χ1v) is 8.56. The van der Waals surface area contributed by atoms with Crippen molar-refractivity contribution < 1.29 is 14.0 Å². The Morgan fingerprint density at radius 3 is 2.68 bits per heavy atom. The van der Waals surface area contributed by atoms with Crippen LogP contribution >= 0.6 is 0 Å². The molecule has 1 aliphatic heterocycles. The van der Waals surface area contributed by atoms with E-state index in [2.05, 4.69) is 10.6 Å². The second-order valence-corrected chi connectivity index (χ2v) is 6.31. The van der Waals surface area contributed by atoms with Crippen LogP contribution in [0, 0.1) is 5.92 Å². The van der Waals surface area contributed by atoms with Gasteiger partial charge in [0.2, 0.25) is 0 Å². The molecule has 0 spiro atoms. The minimum Gasteiger partial charge on any atom is -0.459 e. The van der Waals surface area contributed by atoms with Gasteiger partial charge in [0, 0.05) is 24.3 Å². The molecule has 0 saturated carbocycles. The van der Waals surface area contributed by atoms with Gasteiger partial charge in [-0.1, -0.05) is 6.07 Å². The SMILES string of the molecule is CNCC1CCN(C(=O)c2cccc(NC(=O)c3ccco3)c2)CC1. The third-order valence-corrected chi connectivity index (χ3v) is 4.51. The summed E-state index contributed by atoms with van der Waals surface area (Å²) in [6.45, 7) is 2.54. The fraction of sp³-hybridized carbons (Fsp3) is 0.368. The molecule has 0 aliphatic carbocycles. The van der Waals surface area contributed by atoms with Gasteiger partial charge >= 0.3 is 0 Å². The zero-order chi connectivity index (χ0) is 17.6. The largest absolute Gasteiger partial charge is 0.459 e. The number of carbonyl (C=O) groups is 2. The third kappa shape index (κ3) is 4.28. The summed E-state index contributed by atoms with van der Waals surface area (Å²) in [5.74, 6) is 0.552. The van der Waals surface area contributed by atoms with E-state index in [0.29, 0.717) is 17.2 Å². The molecule has 1 saturated heterocycles. The maximum absolute atomic E-state index is 12.7. The highest BCUT2D eigenvalue weighted by molar-refractivity contribution is 6.03. The van der Waals surface area contributed by atoms with E-state index >= 15 is 0 Å². The molecule has 2 N–H and O–H groups in total. The van der Waals surface area contributed by atoms with Crippen LogP contribution in [-0.4, -0.2) is 43.4 Å². The summed E-state index contributed by atoms with van der Waals surface area (Å²) in [5.41, 5.74) is 1.17. The van der Waals surface area contributed by atoms with E-state index < -0.39 is 0 Å². The maximum atomic E-state index is 12.7. The molecular weight excluding hydrogens is 318 g/mol. The fourth-order valence-corrected chi connectivity index (χ4v) is 3.14. The molecule has 0 bridgehead atoms. The van der Waals surface area contributed by atoms with Crippen molar-refractivity contribution >= 4 is 17.5 Å². The average molecular weight is 341 g/mol. The summed E-state index contributed by atoms with van der Waals surface area (Å²) in [7, 11) is 1.96. The molecule has 6 nitrogen and oxygen atoms in total. The number of nitrogens with zero attached hydrogens (tertiary/aromatic N) is 1. The lowest BCUT2D eigenvalue weighted by molar-refractivity contribution is 0.0690. The topological polar surface area (TPSA) is 74.6 Å². The van der Waals surface area contributed by atoms with Gasteiger partial charge in [-0.05, 0) is 62.7 Å². The minimum absolute atomic E-state index is 0.0111. The van der Waals surface area contributed by atoms with Crippen LogP contribution in [0.5, 0.6) is 0 Å². The molecule has 0 radical (unpaired) electrons. The quantitative estimate of drug-likeness (QED) is 0.877. The van der Waals surface area contributed by atoms with E-state index in [1.807, 2.05) is 11.9 Å². The van der Waals surface area contributed by atoms with Gasteiger partial charge in [-0.15, -0.1) is 0 Å². The molecule has 1 aliphatic rings. The number of piperidine rings is 1. The zero-order valence-corrected chi connectivity index (χ0v) is 14.3. The van der Waals surface area contributed by atoms with Crippen molar-refractivity contribution in [3.63, 3.8) is 0 Å². The molecule has 2 heterocycles. The smallest absolute Gasteiger partial charge is 0.291 e. The van der Waals surface area contributed by atoms with E-state index in [1.54, 1.807) is 36.4 Å². The van der Waals surface area contributed by atoms with Crippen LogP contribution in [-0.2, 0) is 0 Å². The molecule has 3 rings (SSSR count). The van der Waals surface area contributed by atoms with Crippen molar-refractivity contribution in [1.82, 2.24) is 10.2 Å². The third-order valence-electron chi connectivity index (χ3n) is 4.51. The van der Waals surface area contributed by atoms with Crippen LogP contribution < -0.4 is 10.6 Å². The molecule has 1 aromatic heterocycles. The molecule has 25 heavy (non-hydrogen) atoms. The lowest BCUT2D eigenvalue weighted by Crippen LogP contribution is -2.40. The normalized spacial score (nSPS) is 15.2. The summed E-state index contributed by atoms with van der Waals surface area (Å²) in [6, 6.07) is 10.3. The Morgan fingerprint density at radius 2 is 2.00 bits per heavy atom. The minimum atomic E-state index is -0.331. The molecule has 6 heteroatoms. The summed E-state index contributed by atoms with van der Waals surface area (Å²) < 4.78 is 5.08. The monoisotopic (exact) mass is 341 g/mol. The van der Waals surface area contributed by atoms with E-state index in [-0.39, 0.29) is 17.6 Å². The predicted molar refractivity (Wildman–Crippen MR) is 95.7 cm³/mol. The first-order valence-electron chi connectivity index (χ1n) is 8.56. The number of benzene rings is 1. The Balaban J connectivity index is 1.63. The van der Waals surface area contributed by atoms with Gasteiger partial charge in [-0.25, -0.2) is 0 Å². The standard InChI is InChI=1S/C19H23N3O3/c1-20-13-14-7-9-22(10-8-14)19(24)15-4-2-5-16(12-15)21-18(23)17-6-3-11-25-17/h2-6,11-12,14,20H,7-10,13H2,1H3,(H,21,23). The molecule has 1 fully saturated rings. The highest BCUT2D eigenvalue weighted by Crippen LogP contribution is 2.20. The van der Waals surface area contributed by atoms with Crippen LogP contribution in [0.2, 0.25) is 0 Å². The van der Waals surface area contributed by atoms with Crippen molar-refractivity contribution in [3.05, 3.63) is 54.0 Å². The van der Waals surface area contributed by atoms with Gasteiger partial charge in [-0.2, -0.15) is 0 Å². The molecule has 2 amide bonds. The van der Waals surface area contributed by atoms with Crippen molar-refractivity contribution in [2.24, 2.45) is 5.92 Å². The number of likely N-dealkylation sites (tertiary alicyclic amines) is 1. The number of anilines is 1. The second kappa shape index (κ2) is 7.98. The van der Waals surface area contributed by atoms with Crippen LogP contribution in [0.3, 0.4) is 0 Å². The summed E-state index contributed by atoms with van der Waals surface area (Å²) in [6.07, 6.45) is 3.48. The van der Waals surface area contributed by atoms with Crippen LogP contribution in [0.1, 0.15) is 33.8 Å². The van der Waals surface area contributed by atoms with Gasteiger partial charge in [0.1, 0.15) is 0 Å². The molecule has 0 atom stereocenters. The fourth-order valence-electron chi connectivity index (χ4n) is 3.14. The lowest BCUT2D eigenvalue weighted by Gasteiger charge is -2.32. The van der Waals surface area contributed by atoms with Gasteiger partial charge < -0.3 is 20.0 Å². The molecule has 2 aromatic rings. The first-order chi connectivity index (χ1) is 12.2. The highest BCUT2D eigenvalue weighted by atomic mass is 16.3. The summed E-state index contributed by atoms with van der Waals surface area (Å²) >= 11 is 0. The second-order valence-electron chi connectivity index (χ2n) is 6.31. The summed E-state index contributed by atoms with van der Waals surface area (Å²) in [5, 5.41) is 5.95. The van der Waals surface area contributed by atoms with Gasteiger partial charge in [-0.3, -0.25) is 9.59 Å². The Bertz CT molecular complexity index is 719. The van der Waals surface area contributed by atoms with Crippen LogP contribution in [0.25, 0.3) is 0 Å². The van der Waals surface area contributed by atoms with Gasteiger partial charge in [0.25, 0.3) is 11.8 Å². The van der Waals surface area contributed by atoms with Crippen LogP contribution in [0.4, 0.5) is 5.69 Å². The maximum Gasteiger partial charge on any atom is 0.291 e. The van der Waals surface area contributed by atoms with E-state index in [0.717, 1.165) is 32.5 Å². The zero-order valence-electron chi connectivity index (χ0n) is 14.3. The number of nitrogens with one attached hydrogen (secondary N) is 2. The molecule has 0 unspecified atom stereocenters. The van der Waals surface area contributed by atoms with Gasteiger partial charge in [0.05, 0.1) is 6.26 Å². The number of rotatable bonds is 5. The molecule has 132 valence electrons. The van der Waals surface area contributed by atoms with Crippen molar-refractivity contribution in [2.75, 3.05) is 32.0 Å². The number of carbonyl (C=O) groups excluding carboxylic acids is 2. The first kappa shape index (κ1) is 17.2. The Labute approximate surface area is 147 Å². The van der Waals surface area contributed by atoms with Crippen molar-refractivity contribution in [2.45, 2.75) is 12.8 Å². The predicted octanol–water partition coefficient (Wildman–Crippen LogP) is 2.60. The Kier molecular flexibility index (Phi) is 5.50. The average Bonchev–Trinajstić information content (AvgIpc) is 3.17. The van der Waals surface area contributed by atoms with E-state index in [1.165, 1.54) is 6.26 Å². The summed E-state index contributed by atoms with van der Waals surface area (Å²) in [4.78, 5) is 26.6. The number of hydrogen-bond donors (Lipinski definition) is 2.